The highest BCUT2D eigenvalue weighted by molar-refractivity contribution is 6.40. The van der Waals surface area contributed by atoms with Gasteiger partial charge in [0, 0.05) is 7.05 Å². The summed E-state index contributed by atoms with van der Waals surface area (Å²) in [5.41, 5.74) is 0.329. The monoisotopic (exact) mass is 313 g/mol. The summed E-state index contributed by atoms with van der Waals surface area (Å²) in [5.74, 6) is -0.914. The molecule has 4 nitrogen and oxygen atoms in total. The molecule has 104 valence electrons. The Bertz CT molecular complexity index is 644. The van der Waals surface area contributed by atoms with Gasteiger partial charge in [0.2, 0.25) is 0 Å². The molecule has 0 radical (unpaired) electrons. The minimum absolute atomic E-state index is 0.0588. The van der Waals surface area contributed by atoms with Crippen LogP contribution in [0.1, 0.15) is 10.4 Å². The number of para-hydroxylation sites is 1. The lowest BCUT2D eigenvalue weighted by atomic mass is 10.2. The van der Waals surface area contributed by atoms with E-state index in [2.05, 4.69) is 15.6 Å². The van der Waals surface area contributed by atoms with Crippen molar-refractivity contribution in [3.8, 4) is 0 Å². The highest BCUT2D eigenvalue weighted by atomic mass is 35.5. The number of rotatable bonds is 3. The van der Waals surface area contributed by atoms with E-state index in [1.165, 1.54) is 0 Å². The smallest absolute Gasteiger partial charge is 0.259 e. The molecule has 1 heterocycles. The Kier molecular flexibility index (Phi) is 4.42. The molecule has 1 aromatic carbocycles. The lowest BCUT2D eigenvalue weighted by Gasteiger charge is -2.11. The van der Waals surface area contributed by atoms with Crippen LogP contribution in [0, 0.1) is 5.82 Å². The van der Waals surface area contributed by atoms with E-state index in [1.807, 2.05) is 0 Å². The zero-order valence-corrected chi connectivity index (χ0v) is 11.9. The Morgan fingerprint density at radius 3 is 2.55 bits per heavy atom. The average molecular weight is 314 g/mol. The number of amides is 1. The molecule has 0 aliphatic heterocycles. The minimum atomic E-state index is -0.612. The van der Waals surface area contributed by atoms with Gasteiger partial charge in [0.25, 0.3) is 5.91 Å². The number of nitrogens with one attached hydrogen (secondary N) is 2. The van der Waals surface area contributed by atoms with Gasteiger partial charge in [-0.2, -0.15) is 0 Å². The number of carbonyl (C=O) groups is 1. The van der Waals surface area contributed by atoms with Crippen molar-refractivity contribution in [1.29, 1.82) is 0 Å². The van der Waals surface area contributed by atoms with E-state index in [9.17, 15) is 9.18 Å². The van der Waals surface area contributed by atoms with Crippen LogP contribution in [0.4, 0.5) is 15.9 Å². The SMILES string of the molecule is CNc1ncc(F)cc1C(=O)Nc1c(Cl)cccc1Cl. The maximum atomic E-state index is 13.2. The Labute approximate surface area is 124 Å². The van der Waals surface area contributed by atoms with Gasteiger partial charge in [-0.15, -0.1) is 0 Å². The third kappa shape index (κ3) is 3.00. The van der Waals surface area contributed by atoms with Crippen molar-refractivity contribution in [1.82, 2.24) is 4.98 Å². The van der Waals surface area contributed by atoms with E-state index < -0.39 is 11.7 Å². The van der Waals surface area contributed by atoms with Crippen LogP contribution in [-0.2, 0) is 0 Å². The maximum Gasteiger partial charge on any atom is 0.259 e. The lowest BCUT2D eigenvalue weighted by molar-refractivity contribution is 0.102. The largest absolute Gasteiger partial charge is 0.372 e. The van der Waals surface area contributed by atoms with Crippen molar-refractivity contribution in [2.24, 2.45) is 0 Å². The Morgan fingerprint density at radius 2 is 1.95 bits per heavy atom. The van der Waals surface area contributed by atoms with Gasteiger partial charge in [0.15, 0.2) is 0 Å². The van der Waals surface area contributed by atoms with Crippen LogP contribution in [-0.4, -0.2) is 17.9 Å². The van der Waals surface area contributed by atoms with Crippen LogP contribution in [0.2, 0.25) is 10.0 Å². The second-order valence-corrected chi connectivity index (χ2v) is 4.66. The first-order valence-electron chi connectivity index (χ1n) is 5.61. The summed E-state index contributed by atoms with van der Waals surface area (Å²) in [7, 11) is 1.58. The molecule has 2 rings (SSSR count). The first-order valence-corrected chi connectivity index (χ1v) is 6.37. The molecule has 0 saturated carbocycles. The predicted octanol–water partition coefficient (Wildman–Crippen LogP) is 3.82. The minimum Gasteiger partial charge on any atom is -0.372 e. The van der Waals surface area contributed by atoms with Gasteiger partial charge in [0.05, 0.1) is 27.5 Å². The molecule has 1 amide bonds. The normalized spacial score (nSPS) is 10.2. The molecular weight excluding hydrogens is 304 g/mol. The number of hydrogen-bond acceptors (Lipinski definition) is 3. The van der Waals surface area contributed by atoms with Gasteiger partial charge in [-0.3, -0.25) is 4.79 Å². The molecule has 2 aromatic rings. The Balaban J connectivity index is 2.35. The standard InChI is InChI=1S/C13H10Cl2FN3O/c1-17-12-8(5-7(16)6-18-12)13(20)19-11-9(14)3-2-4-10(11)15/h2-6H,1H3,(H,17,18)(H,19,20). The highest BCUT2D eigenvalue weighted by Gasteiger charge is 2.16. The number of benzene rings is 1. The fourth-order valence-corrected chi connectivity index (χ4v) is 2.10. The third-order valence-corrected chi connectivity index (χ3v) is 3.17. The predicted molar refractivity (Wildman–Crippen MR) is 78.2 cm³/mol. The zero-order valence-electron chi connectivity index (χ0n) is 10.4. The molecule has 0 bridgehead atoms. The molecule has 0 unspecified atom stereocenters. The Morgan fingerprint density at radius 1 is 1.30 bits per heavy atom. The van der Waals surface area contributed by atoms with Gasteiger partial charge >= 0.3 is 0 Å². The van der Waals surface area contributed by atoms with E-state index in [0.717, 1.165) is 12.3 Å². The lowest BCUT2D eigenvalue weighted by Crippen LogP contribution is -2.15. The van der Waals surface area contributed by atoms with Crippen LogP contribution in [0.5, 0.6) is 0 Å². The quantitative estimate of drug-likeness (QED) is 0.905. The summed E-state index contributed by atoms with van der Waals surface area (Å²) in [4.78, 5) is 16.0. The van der Waals surface area contributed by atoms with Crippen molar-refractivity contribution >= 4 is 40.6 Å². The summed E-state index contributed by atoms with van der Waals surface area (Å²) >= 11 is 11.9. The van der Waals surface area contributed by atoms with Gasteiger partial charge in [0.1, 0.15) is 11.6 Å². The summed E-state index contributed by atoms with van der Waals surface area (Å²) < 4.78 is 13.2. The summed E-state index contributed by atoms with van der Waals surface area (Å²) in [6.07, 6.45) is 1.02. The Hall–Kier alpha value is -1.85. The van der Waals surface area contributed by atoms with E-state index >= 15 is 0 Å². The fraction of sp³-hybridized carbons (Fsp3) is 0.0769. The second kappa shape index (κ2) is 6.07. The topological polar surface area (TPSA) is 54.0 Å². The third-order valence-electron chi connectivity index (χ3n) is 2.54. The molecule has 0 spiro atoms. The van der Waals surface area contributed by atoms with E-state index in [-0.39, 0.29) is 17.1 Å². The van der Waals surface area contributed by atoms with Crippen molar-refractivity contribution in [3.63, 3.8) is 0 Å². The van der Waals surface area contributed by atoms with E-state index in [0.29, 0.717) is 10.0 Å². The first kappa shape index (κ1) is 14.6. The maximum absolute atomic E-state index is 13.2. The van der Waals surface area contributed by atoms with Crippen molar-refractivity contribution in [3.05, 3.63) is 51.9 Å². The summed E-state index contributed by atoms with van der Waals surface area (Å²) in [6.45, 7) is 0. The van der Waals surface area contributed by atoms with Gasteiger partial charge in [-0.1, -0.05) is 29.3 Å². The number of carbonyl (C=O) groups excluding carboxylic acids is 1. The van der Waals surface area contributed by atoms with Gasteiger partial charge in [-0.25, -0.2) is 9.37 Å². The van der Waals surface area contributed by atoms with Gasteiger partial charge < -0.3 is 10.6 Å². The molecular formula is C13H10Cl2FN3O. The van der Waals surface area contributed by atoms with Crippen LogP contribution in [0.3, 0.4) is 0 Å². The van der Waals surface area contributed by atoms with Crippen molar-refractivity contribution in [2.75, 3.05) is 17.7 Å². The average Bonchev–Trinajstić information content (AvgIpc) is 2.43. The van der Waals surface area contributed by atoms with Crippen molar-refractivity contribution in [2.45, 2.75) is 0 Å². The van der Waals surface area contributed by atoms with Crippen LogP contribution in [0.25, 0.3) is 0 Å². The van der Waals surface area contributed by atoms with Crippen LogP contribution in [0.15, 0.2) is 30.5 Å². The molecule has 0 fully saturated rings. The molecule has 7 heteroatoms. The molecule has 1 aromatic heterocycles. The highest BCUT2D eigenvalue weighted by Crippen LogP contribution is 2.30. The molecule has 0 aliphatic rings. The number of nitrogens with zero attached hydrogens (tertiary/aromatic N) is 1. The van der Waals surface area contributed by atoms with Crippen molar-refractivity contribution < 1.29 is 9.18 Å². The number of anilines is 2. The molecule has 0 atom stereocenters. The second-order valence-electron chi connectivity index (χ2n) is 3.85. The molecule has 0 aliphatic carbocycles. The fourth-order valence-electron chi connectivity index (χ4n) is 1.61. The number of hydrogen-bond donors (Lipinski definition) is 2. The number of aromatic nitrogens is 1. The molecule has 2 N–H and O–H groups in total. The zero-order chi connectivity index (χ0) is 14.7. The van der Waals surface area contributed by atoms with Gasteiger partial charge in [-0.05, 0) is 18.2 Å². The molecule has 0 saturated heterocycles. The first-order chi connectivity index (χ1) is 9.52. The summed E-state index contributed by atoms with van der Waals surface area (Å²) in [6, 6.07) is 5.92. The molecule has 20 heavy (non-hydrogen) atoms. The number of halogens is 3. The van der Waals surface area contributed by atoms with E-state index in [1.54, 1.807) is 25.2 Å². The number of pyridine rings is 1. The van der Waals surface area contributed by atoms with E-state index in [4.69, 9.17) is 23.2 Å². The summed E-state index contributed by atoms with van der Waals surface area (Å²) in [5, 5.41) is 5.85. The van der Waals surface area contributed by atoms with Crippen LogP contribution >= 0.6 is 23.2 Å². The van der Waals surface area contributed by atoms with Crippen LogP contribution < -0.4 is 10.6 Å².